The molecule has 2 aliphatic carbocycles. The third-order valence-electron chi connectivity index (χ3n) is 4.72. The van der Waals surface area contributed by atoms with E-state index in [-0.39, 0.29) is 5.54 Å². The van der Waals surface area contributed by atoms with Gasteiger partial charge in [-0.2, -0.15) is 5.26 Å². The summed E-state index contributed by atoms with van der Waals surface area (Å²) in [6.07, 6.45) is 9.15. The average molecular weight is 263 g/mol. The maximum Gasteiger partial charge on any atom is 0.122 e. The summed E-state index contributed by atoms with van der Waals surface area (Å²) in [5.74, 6) is 0.561. The first-order chi connectivity index (χ1) is 9.07. The lowest BCUT2D eigenvalue weighted by atomic mass is 9.89. The first-order valence-corrected chi connectivity index (χ1v) is 7.96. The minimum Gasteiger partial charge on any atom is -0.301 e. The fraction of sp³-hybridized carbons (Fsp3) is 0.938. The highest BCUT2D eigenvalue weighted by atomic mass is 15.2. The van der Waals surface area contributed by atoms with Crippen LogP contribution in [0, 0.1) is 17.2 Å². The molecule has 0 spiro atoms. The van der Waals surface area contributed by atoms with Gasteiger partial charge >= 0.3 is 0 Å². The Hall–Kier alpha value is -0.590. The summed E-state index contributed by atoms with van der Waals surface area (Å²) in [6, 6.07) is 3.69. The van der Waals surface area contributed by atoms with Crippen LogP contribution in [0.4, 0.5) is 0 Å². The lowest BCUT2D eigenvalue weighted by molar-refractivity contribution is 0.142. The Kier molecular flexibility index (Phi) is 4.86. The zero-order chi connectivity index (χ0) is 13.9. The molecule has 2 fully saturated rings. The van der Waals surface area contributed by atoms with Crippen molar-refractivity contribution in [3.05, 3.63) is 0 Å². The van der Waals surface area contributed by atoms with E-state index in [1.165, 1.54) is 44.9 Å². The van der Waals surface area contributed by atoms with E-state index in [1.54, 1.807) is 0 Å². The lowest BCUT2D eigenvalue weighted by Gasteiger charge is -2.39. The fourth-order valence-corrected chi connectivity index (χ4v) is 3.59. The Balaban J connectivity index is 2.00. The quantitative estimate of drug-likeness (QED) is 0.801. The molecule has 19 heavy (non-hydrogen) atoms. The van der Waals surface area contributed by atoms with Gasteiger partial charge < -0.3 is 4.90 Å². The molecule has 2 rings (SSSR count). The first kappa shape index (κ1) is 14.8. The van der Waals surface area contributed by atoms with E-state index in [4.69, 9.17) is 0 Å². The van der Waals surface area contributed by atoms with E-state index in [9.17, 15) is 5.26 Å². The van der Waals surface area contributed by atoms with Crippen LogP contribution in [0.1, 0.15) is 58.8 Å². The van der Waals surface area contributed by atoms with E-state index in [0.717, 1.165) is 6.54 Å². The average Bonchev–Trinajstić information content (AvgIpc) is 3.23. The van der Waals surface area contributed by atoms with Gasteiger partial charge in [0.1, 0.15) is 5.54 Å². The van der Waals surface area contributed by atoms with Crippen molar-refractivity contribution in [2.24, 2.45) is 5.92 Å². The Bertz CT molecular complexity index is 323. The second-order valence-electron chi connectivity index (χ2n) is 6.86. The smallest absolute Gasteiger partial charge is 0.122 e. The van der Waals surface area contributed by atoms with E-state index < -0.39 is 0 Å². The normalized spacial score (nSPS) is 24.4. The van der Waals surface area contributed by atoms with E-state index in [2.05, 4.69) is 37.2 Å². The van der Waals surface area contributed by atoms with Crippen molar-refractivity contribution in [2.75, 3.05) is 13.6 Å². The minimum absolute atomic E-state index is 0.319. The van der Waals surface area contributed by atoms with Crippen LogP contribution in [0.15, 0.2) is 0 Å². The number of likely N-dealkylation sites (N-methyl/N-ethyl adjacent to an activating group) is 1. The molecule has 0 aliphatic heterocycles. The molecule has 2 aliphatic rings. The maximum absolute atomic E-state index is 9.74. The van der Waals surface area contributed by atoms with Gasteiger partial charge in [0.05, 0.1) is 6.07 Å². The molecule has 1 N–H and O–H groups in total. The fourth-order valence-electron chi connectivity index (χ4n) is 3.59. The molecule has 0 radical (unpaired) electrons. The molecule has 1 atom stereocenters. The Labute approximate surface area is 118 Å². The van der Waals surface area contributed by atoms with Gasteiger partial charge in [-0.1, -0.05) is 19.3 Å². The first-order valence-electron chi connectivity index (χ1n) is 7.96. The summed E-state index contributed by atoms with van der Waals surface area (Å²) in [4.78, 5) is 2.45. The molecular formula is C16H29N3. The van der Waals surface area contributed by atoms with Crippen molar-refractivity contribution in [1.29, 1.82) is 5.26 Å². The summed E-state index contributed by atoms with van der Waals surface area (Å²) in [5, 5.41) is 13.3. The van der Waals surface area contributed by atoms with Crippen LogP contribution in [0.3, 0.4) is 0 Å². The molecule has 1 unspecified atom stereocenters. The van der Waals surface area contributed by atoms with Crippen molar-refractivity contribution in [3.8, 4) is 6.07 Å². The molecular weight excluding hydrogens is 234 g/mol. The predicted molar refractivity (Wildman–Crippen MR) is 78.8 cm³/mol. The van der Waals surface area contributed by atoms with Gasteiger partial charge in [0.15, 0.2) is 0 Å². The molecule has 0 amide bonds. The van der Waals surface area contributed by atoms with Gasteiger partial charge in [-0.15, -0.1) is 0 Å². The molecule has 3 heteroatoms. The van der Waals surface area contributed by atoms with Crippen molar-refractivity contribution >= 4 is 0 Å². The zero-order valence-corrected chi connectivity index (χ0v) is 12.8. The van der Waals surface area contributed by atoms with Crippen LogP contribution in [-0.2, 0) is 0 Å². The molecule has 108 valence electrons. The number of rotatable bonds is 6. The van der Waals surface area contributed by atoms with Gasteiger partial charge in [-0.05, 0) is 52.5 Å². The molecule has 0 aromatic heterocycles. The SMILES string of the molecule is CC(C)NC(C#N)(CN(C)C1CCCCC1)C1CC1. The standard InChI is InChI=1S/C16H29N3/c1-13(2)18-16(11-17,14-9-10-14)12-19(3)15-7-5-4-6-8-15/h13-15,18H,4-10,12H2,1-3H3. The van der Waals surface area contributed by atoms with Crippen molar-refractivity contribution in [2.45, 2.75) is 76.4 Å². The maximum atomic E-state index is 9.74. The van der Waals surface area contributed by atoms with Crippen LogP contribution in [0.25, 0.3) is 0 Å². The Morgan fingerprint density at radius 2 is 1.84 bits per heavy atom. The molecule has 2 saturated carbocycles. The highest BCUT2D eigenvalue weighted by molar-refractivity contribution is 5.17. The number of nitrogens with zero attached hydrogens (tertiary/aromatic N) is 2. The van der Waals surface area contributed by atoms with E-state index in [1.807, 2.05) is 0 Å². The molecule has 0 bridgehead atoms. The van der Waals surface area contributed by atoms with Crippen molar-refractivity contribution in [3.63, 3.8) is 0 Å². The molecule has 0 aromatic carbocycles. The third-order valence-corrected chi connectivity index (χ3v) is 4.72. The van der Waals surface area contributed by atoms with Crippen LogP contribution < -0.4 is 5.32 Å². The Morgan fingerprint density at radius 3 is 2.32 bits per heavy atom. The van der Waals surface area contributed by atoms with Crippen molar-refractivity contribution in [1.82, 2.24) is 10.2 Å². The van der Waals surface area contributed by atoms with Gasteiger partial charge in [0.25, 0.3) is 0 Å². The van der Waals surface area contributed by atoms with Gasteiger partial charge in [0, 0.05) is 18.6 Å². The van der Waals surface area contributed by atoms with Crippen LogP contribution in [0.2, 0.25) is 0 Å². The summed E-state index contributed by atoms with van der Waals surface area (Å²) < 4.78 is 0. The Morgan fingerprint density at radius 1 is 1.21 bits per heavy atom. The number of nitrogens with one attached hydrogen (secondary N) is 1. The molecule has 3 nitrogen and oxygen atoms in total. The highest BCUT2D eigenvalue weighted by Gasteiger charge is 2.47. The van der Waals surface area contributed by atoms with Crippen LogP contribution >= 0.6 is 0 Å². The number of hydrogen-bond donors (Lipinski definition) is 1. The van der Waals surface area contributed by atoms with Gasteiger partial charge in [0.2, 0.25) is 0 Å². The summed E-state index contributed by atoms with van der Waals surface area (Å²) >= 11 is 0. The molecule has 0 aromatic rings. The topological polar surface area (TPSA) is 39.1 Å². The molecule has 0 heterocycles. The number of nitriles is 1. The third kappa shape index (κ3) is 3.70. The van der Waals surface area contributed by atoms with Gasteiger partial charge in [-0.25, -0.2) is 0 Å². The van der Waals surface area contributed by atoms with Crippen LogP contribution in [-0.4, -0.2) is 36.1 Å². The highest BCUT2D eigenvalue weighted by Crippen LogP contribution is 2.40. The second kappa shape index (κ2) is 6.24. The summed E-state index contributed by atoms with van der Waals surface area (Å²) in [6.45, 7) is 5.18. The largest absolute Gasteiger partial charge is 0.301 e. The summed E-state index contributed by atoms with van der Waals surface area (Å²) in [5.41, 5.74) is -0.319. The zero-order valence-electron chi connectivity index (χ0n) is 12.8. The van der Waals surface area contributed by atoms with Crippen LogP contribution in [0.5, 0.6) is 0 Å². The number of hydrogen-bond acceptors (Lipinski definition) is 3. The van der Waals surface area contributed by atoms with Gasteiger partial charge in [-0.3, -0.25) is 5.32 Å². The predicted octanol–water partition coefficient (Wildman–Crippen LogP) is 2.92. The minimum atomic E-state index is -0.319. The van der Waals surface area contributed by atoms with E-state index >= 15 is 0 Å². The lowest BCUT2D eigenvalue weighted by Crippen LogP contribution is -2.57. The van der Waals surface area contributed by atoms with Crippen molar-refractivity contribution < 1.29 is 0 Å². The second-order valence-corrected chi connectivity index (χ2v) is 6.86. The molecule has 0 saturated heterocycles. The summed E-state index contributed by atoms with van der Waals surface area (Å²) in [7, 11) is 2.21. The van der Waals surface area contributed by atoms with E-state index in [0.29, 0.717) is 18.0 Å². The monoisotopic (exact) mass is 263 g/mol.